The number of carbonyl (C=O) groups is 2. The molecule has 0 atom stereocenters. The second kappa shape index (κ2) is 8.72. The predicted molar refractivity (Wildman–Crippen MR) is 102 cm³/mol. The van der Waals surface area contributed by atoms with Crippen molar-refractivity contribution >= 4 is 29.4 Å². The zero-order valence-corrected chi connectivity index (χ0v) is 15.1. The second-order valence-corrected chi connectivity index (χ2v) is 6.16. The third-order valence-electron chi connectivity index (χ3n) is 3.43. The summed E-state index contributed by atoms with van der Waals surface area (Å²) in [4.78, 5) is 28.3. The highest BCUT2D eigenvalue weighted by Gasteiger charge is 2.13. The molecule has 0 spiro atoms. The highest BCUT2D eigenvalue weighted by molar-refractivity contribution is 7.12. The molecule has 0 fully saturated rings. The molecule has 7 nitrogen and oxygen atoms in total. The molecule has 1 N–H and O–H groups in total. The number of hydrogen-bond donors (Lipinski definition) is 1. The Hall–Kier alpha value is -3.52. The van der Waals surface area contributed by atoms with Crippen LogP contribution in [0.5, 0.6) is 11.5 Å². The molecule has 1 amide bonds. The minimum absolute atomic E-state index is 0.300. The van der Waals surface area contributed by atoms with Crippen LogP contribution in [0.3, 0.4) is 0 Å². The Morgan fingerprint density at radius 3 is 2.67 bits per heavy atom. The van der Waals surface area contributed by atoms with E-state index >= 15 is 0 Å². The van der Waals surface area contributed by atoms with Crippen LogP contribution in [0.4, 0.5) is 0 Å². The number of rotatable bonds is 6. The number of hydrazone groups is 1. The van der Waals surface area contributed by atoms with Gasteiger partial charge in [-0.15, -0.1) is 11.3 Å². The van der Waals surface area contributed by atoms with Gasteiger partial charge in [0.15, 0.2) is 11.5 Å². The normalized spacial score (nSPS) is 10.6. The lowest BCUT2D eigenvalue weighted by Crippen LogP contribution is -2.17. The van der Waals surface area contributed by atoms with E-state index in [2.05, 4.69) is 15.5 Å². The van der Waals surface area contributed by atoms with Gasteiger partial charge in [-0.25, -0.2) is 10.2 Å². The molecule has 0 saturated carbocycles. The van der Waals surface area contributed by atoms with Gasteiger partial charge in [0.1, 0.15) is 4.88 Å². The van der Waals surface area contributed by atoms with Gasteiger partial charge < -0.3 is 9.47 Å². The van der Waals surface area contributed by atoms with Crippen molar-refractivity contribution in [3.8, 4) is 11.5 Å². The summed E-state index contributed by atoms with van der Waals surface area (Å²) < 4.78 is 10.6. The van der Waals surface area contributed by atoms with E-state index in [1.54, 1.807) is 47.8 Å². The Balaban J connectivity index is 1.66. The van der Waals surface area contributed by atoms with Crippen LogP contribution >= 0.6 is 11.3 Å². The Morgan fingerprint density at radius 1 is 1.15 bits per heavy atom. The first kappa shape index (κ1) is 18.3. The summed E-state index contributed by atoms with van der Waals surface area (Å²) in [7, 11) is 1.48. The molecule has 2 aromatic heterocycles. The van der Waals surface area contributed by atoms with Crippen molar-refractivity contribution in [2.24, 2.45) is 5.10 Å². The van der Waals surface area contributed by atoms with Crippen LogP contribution in [0.25, 0.3) is 0 Å². The maximum atomic E-state index is 12.1. The number of esters is 1. The van der Waals surface area contributed by atoms with Crippen LogP contribution in [0.2, 0.25) is 0 Å². The van der Waals surface area contributed by atoms with E-state index in [0.29, 0.717) is 27.5 Å². The lowest BCUT2D eigenvalue weighted by atomic mass is 10.2. The third-order valence-corrected chi connectivity index (χ3v) is 4.28. The molecule has 0 aliphatic carbocycles. The monoisotopic (exact) mass is 381 g/mol. The van der Waals surface area contributed by atoms with Crippen LogP contribution in [0.15, 0.2) is 65.3 Å². The number of methoxy groups -OCH3 is 1. The number of amides is 1. The molecular weight excluding hydrogens is 366 g/mol. The number of hydrogen-bond acceptors (Lipinski definition) is 7. The van der Waals surface area contributed by atoms with E-state index in [1.165, 1.54) is 37.1 Å². The number of carbonyl (C=O) groups excluding carboxylic acids is 2. The van der Waals surface area contributed by atoms with Crippen molar-refractivity contribution in [1.82, 2.24) is 10.4 Å². The van der Waals surface area contributed by atoms with Gasteiger partial charge in [0.05, 0.1) is 13.3 Å². The molecule has 0 aliphatic rings. The van der Waals surface area contributed by atoms with E-state index in [-0.39, 0.29) is 5.91 Å². The fourth-order valence-electron chi connectivity index (χ4n) is 2.13. The molecule has 3 rings (SSSR count). The number of aromatic nitrogens is 1. The standard InChI is InChI=1S/C19H15N3O4S/c1-25-16-11-13(12-21-22-18(23)14-6-8-20-9-7-14)4-5-15(16)26-19(24)17-3-2-10-27-17/h2-12H,1H3,(H,22,23). The molecule has 3 aromatic rings. The zero-order chi connectivity index (χ0) is 19.1. The van der Waals surface area contributed by atoms with Gasteiger partial charge in [-0.3, -0.25) is 9.78 Å². The first-order valence-electron chi connectivity index (χ1n) is 7.84. The summed E-state index contributed by atoms with van der Waals surface area (Å²) in [5.74, 6) is -0.116. The smallest absolute Gasteiger partial charge is 0.353 e. The first-order chi connectivity index (χ1) is 13.2. The molecule has 0 saturated heterocycles. The van der Waals surface area contributed by atoms with Crippen LogP contribution in [0.1, 0.15) is 25.6 Å². The van der Waals surface area contributed by atoms with Crippen LogP contribution in [0, 0.1) is 0 Å². The molecule has 0 unspecified atom stereocenters. The summed E-state index contributed by atoms with van der Waals surface area (Å²) in [5.41, 5.74) is 3.55. The Morgan fingerprint density at radius 2 is 1.96 bits per heavy atom. The van der Waals surface area contributed by atoms with Crippen LogP contribution in [-0.2, 0) is 0 Å². The molecule has 2 heterocycles. The van der Waals surface area contributed by atoms with Crippen molar-refractivity contribution in [1.29, 1.82) is 0 Å². The number of pyridine rings is 1. The molecule has 27 heavy (non-hydrogen) atoms. The highest BCUT2D eigenvalue weighted by Crippen LogP contribution is 2.28. The van der Waals surface area contributed by atoms with Crippen LogP contribution < -0.4 is 14.9 Å². The van der Waals surface area contributed by atoms with Crippen molar-refractivity contribution in [2.75, 3.05) is 7.11 Å². The second-order valence-electron chi connectivity index (χ2n) is 5.21. The largest absolute Gasteiger partial charge is 0.493 e. The summed E-state index contributed by atoms with van der Waals surface area (Å²) in [6.45, 7) is 0. The van der Waals surface area contributed by atoms with Gasteiger partial charge in [0, 0.05) is 18.0 Å². The number of benzene rings is 1. The van der Waals surface area contributed by atoms with Crippen molar-refractivity contribution in [2.45, 2.75) is 0 Å². The predicted octanol–water partition coefficient (Wildman–Crippen LogP) is 3.13. The van der Waals surface area contributed by atoms with E-state index in [4.69, 9.17) is 9.47 Å². The van der Waals surface area contributed by atoms with E-state index in [1.807, 2.05) is 0 Å². The van der Waals surface area contributed by atoms with E-state index in [9.17, 15) is 9.59 Å². The maximum Gasteiger partial charge on any atom is 0.353 e. The molecule has 1 aromatic carbocycles. The molecule has 136 valence electrons. The van der Waals surface area contributed by atoms with E-state index < -0.39 is 5.97 Å². The van der Waals surface area contributed by atoms with E-state index in [0.717, 1.165) is 0 Å². The zero-order valence-electron chi connectivity index (χ0n) is 14.3. The molecular formula is C19H15N3O4S. The fraction of sp³-hybridized carbons (Fsp3) is 0.0526. The van der Waals surface area contributed by atoms with Gasteiger partial charge in [-0.2, -0.15) is 5.10 Å². The lowest BCUT2D eigenvalue weighted by Gasteiger charge is -2.09. The quantitative estimate of drug-likeness (QED) is 0.307. The number of ether oxygens (including phenoxy) is 2. The summed E-state index contributed by atoms with van der Waals surface area (Å²) in [5, 5.41) is 5.72. The molecule has 0 aliphatic heterocycles. The summed E-state index contributed by atoms with van der Waals surface area (Å²) in [6, 6.07) is 11.6. The Bertz CT molecular complexity index is 956. The first-order valence-corrected chi connectivity index (χ1v) is 8.72. The lowest BCUT2D eigenvalue weighted by molar-refractivity contribution is 0.0734. The highest BCUT2D eigenvalue weighted by atomic mass is 32.1. The average Bonchev–Trinajstić information content (AvgIpc) is 3.24. The van der Waals surface area contributed by atoms with Gasteiger partial charge in [-0.1, -0.05) is 6.07 Å². The number of nitrogens with zero attached hydrogens (tertiary/aromatic N) is 2. The van der Waals surface area contributed by atoms with Crippen molar-refractivity contribution < 1.29 is 19.1 Å². The minimum Gasteiger partial charge on any atom is -0.493 e. The number of nitrogens with one attached hydrogen (secondary N) is 1. The van der Waals surface area contributed by atoms with Crippen LogP contribution in [-0.4, -0.2) is 30.2 Å². The maximum absolute atomic E-state index is 12.1. The third kappa shape index (κ3) is 4.77. The fourth-order valence-corrected chi connectivity index (χ4v) is 2.73. The van der Waals surface area contributed by atoms with Crippen molar-refractivity contribution in [3.05, 3.63) is 76.2 Å². The average molecular weight is 381 g/mol. The van der Waals surface area contributed by atoms with Gasteiger partial charge in [0.25, 0.3) is 5.91 Å². The summed E-state index contributed by atoms with van der Waals surface area (Å²) >= 11 is 1.30. The van der Waals surface area contributed by atoms with Crippen molar-refractivity contribution in [3.63, 3.8) is 0 Å². The Labute approximate surface area is 159 Å². The SMILES string of the molecule is COc1cc(C=NNC(=O)c2ccncc2)ccc1OC(=O)c1cccs1. The molecule has 0 bridgehead atoms. The summed E-state index contributed by atoms with van der Waals surface area (Å²) in [6.07, 6.45) is 4.52. The topological polar surface area (TPSA) is 89.9 Å². The van der Waals surface area contributed by atoms with Gasteiger partial charge in [-0.05, 0) is 47.3 Å². The molecule has 8 heteroatoms. The minimum atomic E-state index is -0.450. The molecule has 0 radical (unpaired) electrons. The Kier molecular flexibility index (Phi) is 5.91. The number of thiophene rings is 1. The van der Waals surface area contributed by atoms with Gasteiger partial charge >= 0.3 is 5.97 Å². The van der Waals surface area contributed by atoms with Gasteiger partial charge in [0.2, 0.25) is 0 Å².